The number of hydrogen-bond acceptors (Lipinski definition) is 6. The number of hydrogen-bond donors (Lipinski definition) is 3. The van der Waals surface area contributed by atoms with Crippen molar-refractivity contribution < 1.29 is 15.0 Å². The van der Waals surface area contributed by atoms with Gasteiger partial charge in [0.2, 0.25) is 0 Å². The molecule has 0 aliphatic carbocycles. The van der Waals surface area contributed by atoms with Crippen molar-refractivity contribution in [1.82, 2.24) is 15.3 Å². The fourth-order valence-electron chi connectivity index (χ4n) is 3.26. The number of nitrogens with one attached hydrogen (secondary N) is 1. The SMILES string of the molecule is O=C(O)NC1CCN(c2nc(-c3ccccc3O)nc3ccsc23)CC1. The average molecular weight is 370 g/mol. The molecule has 1 aliphatic heterocycles. The van der Waals surface area contributed by atoms with E-state index < -0.39 is 6.09 Å². The van der Waals surface area contributed by atoms with Crippen LogP contribution in [0.4, 0.5) is 10.6 Å². The molecule has 1 aliphatic rings. The highest BCUT2D eigenvalue weighted by atomic mass is 32.1. The van der Waals surface area contributed by atoms with E-state index in [1.54, 1.807) is 29.5 Å². The zero-order valence-electron chi connectivity index (χ0n) is 13.9. The highest BCUT2D eigenvalue weighted by molar-refractivity contribution is 7.17. The van der Waals surface area contributed by atoms with Crippen LogP contribution in [0.25, 0.3) is 21.6 Å². The molecule has 134 valence electrons. The Labute approximate surface area is 153 Å². The maximum absolute atomic E-state index is 10.8. The Kier molecular flexibility index (Phi) is 4.34. The molecule has 0 bridgehead atoms. The van der Waals surface area contributed by atoms with Crippen LogP contribution in [-0.4, -0.2) is 45.4 Å². The highest BCUT2D eigenvalue weighted by Crippen LogP contribution is 2.34. The monoisotopic (exact) mass is 370 g/mol. The molecule has 8 heteroatoms. The van der Waals surface area contributed by atoms with Gasteiger partial charge in [0.15, 0.2) is 11.6 Å². The number of amides is 1. The molecule has 7 nitrogen and oxygen atoms in total. The van der Waals surface area contributed by atoms with Gasteiger partial charge in [0.1, 0.15) is 5.75 Å². The molecule has 4 rings (SSSR count). The number of para-hydroxylation sites is 1. The third-order valence-corrected chi connectivity index (χ3v) is 5.45. The molecule has 1 saturated heterocycles. The number of carboxylic acid groups (broad SMARTS) is 1. The van der Waals surface area contributed by atoms with Gasteiger partial charge in [0.25, 0.3) is 0 Å². The lowest BCUT2D eigenvalue weighted by Gasteiger charge is -2.33. The van der Waals surface area contributed by atoms with Gasteiger partial charge in [-0.15, -0.1) is 11.3 Å². The van der Waals surface area contributed by atoms with Gasteiger partial charge in [-0.1, -0.05) is 12.1 Å². The van der Waals surface area contributed by atoms with Gasteiger partial charge in [-0.05, 0) is 36.4 Å². The first-order chi connectivity index (χ1) is 12.6. The van der Waals surface area contributed by atoms with Crippen LogP contribution >= 0.6 is 11.3 Å². The molecule has 0 saturated carbocycles. The van der Waals surface area contributed by atoms with Gasteiger partial charge in [0, 0.05) is 19.1 Å². The van der Waals surface area contributed by atoms with Crippen molar-refractivity contribution in [3.63, 3.8) is 0 Å². The van der Waals surface area contributed by atoms with Crippen molar-refractivity contribution in [1.29, 1.82) is 0 Å². The highest BCUT2D eigenvalue weighted by Gasteiger charge is 2.24. The summed E-state index contributed by atoms with van der Waals surface area (Å²) in [5.74, 6) is 1.49. The minimum atomic E-state index is -0.979. The van der Waals surface area contributed by atoms with E-state index in [0.29, 0.717) is 11.4 Å². The van der Waals surface area contributed by atoms with Crippen molar-refractivity contribution in [3.05, 3.63) is 35.7 Å². The van der Waals surface area contributed by atoms with E-state index in [4.69, 9.17) is 10.1 Å². The number of aromatic nitrogens is 2. The molecule has 1 aromatic carbocycles. The first-order valence-corrected chi connectivity index (χ1v) is 9.28. The number of aromatic hydroxyl groups is 1. The van der Waals surface area contributed by atoms with E-state index in [-0.39, 0.29) is 11.8 Å². The number of rotatable bonds is 3. The van der Waals surface area contributed by atoms with Gasteiger partial charge in [-0.25, -0.2) is 14.8 Å². The second-order valence-corrected chi connectivity index (χ2v) is 7.15. The summed E-state index contributed by atoms with van der Waals surface area (Å²) in [5.41, 5.74) is 1.45. The van der Waals surface area contributed by atoms with Crippen LogP contribution in [0.2, 0.25) is 0 Å². The number of phenols is 1. The number of anilines is 1. The average Bonchev–Trinajstić information content (AvgIpc) is 3.10. The van der Waals surface area contributed by atoms with Crippen LogP contribution in [0.1, 0.15) is 12.8 Å². The third-order valence-electron chi connectivity index (χ3n) is 4.55. The van der Waals surface area contributed by atoms with Crippen LogP contribution in [0.15, 0.2) is 35.7 Å². The Morgan fingerprint density at radius 3 is 2.69 bits per heavy atom. The summed E-state index contributed by atoms with van der Waals surface area (Å²) in [7, 11) is 0. The van der Waals surface area contributed by atoms with Gasteiger partial charge in [0.05, 0.1) is 15.8 Å². The number of carbonyl (C=O) groups is 1. The summed E-state index contributed by atoms with van der Waals surface area (Å²) in [4.78, 5) is 22.3. The standard InChI is InChI=1S/C18H18N4O3S/c23-14-4-2-1-3-12(14)16-20-13-7-10-26-15(13)17(21-16)22-8-5-11(6-9-22)19-18(24)25/h1-4,7,10-11,19,23H,5-6,8-9H2,(H,24,25). The van der Waals surface area contributed by atoms with Crippen LogP contribution in [0.5, 0.6) is 5.75 Å². The molecule has 0 spiro atoms. The zero-order valence-corrected chi connectivity index (χ0v) is 14.7. The fraction of sp³-hybridized carbons (Fsp3) is 0.278. The maximum Gasteiger partial charge on any atom is 0.404 e. The third kappa shape index (κ3) is 3.15. The summed E-state index contributed by atoms with van der Waals surface area (Å²) in [6.45, 7) is 1.43. The number of benzene rings is 1. The van der Waals surface area contributed by atoms with Crippen molar-refractivity contribution in [2.75, 3.05) is 18.0 Å². The summed E-state index contributed by atoms with van der Waals surface area (Å²) in [5, 5.41) is 23.6. The van der Waals surface area contributed by atoms with E-state index in [2.05, 4.69) is 15.2 Å². The number of phenolic OH excluding ortho intramolecular Hbond substituents is 1. The minimum Gasteiger partial charge on any atom is -0.507 e. The Bertz CT molecular complexity index is 951. The topological polar surface area (TPSA) is 98.6 Å². The molecule has 3 aromatic rings. The predicted octanol–water partition coefficient (Wildman–Crippen LogP) is 3.30. The lowest BCUT2D eigenvalue weighted by molar-refractivity contribution is 0.187. The van der Waals surface area contributed by atoms with Crippen LogP contribution in [-0.2, 0) is 0 Å². The van der Waals surface area contributed by atoms with E-state index in [1.807, 2.05) is 17.5 Å². The smallest absolute Gasteiger partial charge is 0.404 e. The van der Waals surface area contributed by atoms with Gasteiger partial charge in [-0.3, -0.25) is 0 Å². The van der Waals surface area contributed by atoms with E-state index in [9.17, 15) is 9.90 Å². The summed E-state index contributed by atoms with van der Waals surface area (Å²) >= 11 is 1.59. The van der Waals surface area contributed by atoms with Crippen molar-refractivity contribution >= 4 is 33.5 Å². The lowest BCUT2D eigenvalue weighted by Crippen LogP contribution is -2.44. The molecular weight excluding hydrogens is 352 g/mol. The maximum atomic E-state index is 10.8. The summed E-state index contributed by atoms with van der Waals surface area (Å²) in [6.07, 6.45) is 0.484. The summed E-state index contributed by atoms with van der Waals surface area (Å²) in [6, 6.07) is 8.96. The van der Waals surface area contributed by atoms with Crippen molar-refractivity contribution in [2.24, 2.45) is 0 Å². The number of nitrogens with zero attached hydrogens (tertiary/aromatic N) is 3. The van der Waals surface area contributed by atoms with Gasteiger partial charge in [-0.2, -0.15) is 0 Å². The quantitative estimate of drug-likeness (QED) is 0.654. The Balaban J connectivity index is 1.68. The molecule has 1 amide bonds. The Hall–Kier alpha value is -2.87. The van der Waals surface area contributed by atoms with Gasteiger partial charge < -0.3 is 20.4 Å². The van der Waals surface area contributed by atoms with E-state index >= 15 is 0 Å². The fourth-order valence-corrected chi connectivity index (χ4v) is 4.10. The molecule has 2 aromatic heterocycles. The van der Waals surface area contributed by atoms with E-state index in [1.165, 1.54) is 0 Å². The van der Waals surface area contributed by atoms with Gasteiger partial charge >= 0.3 is 6.09 Å². The largest absolute Gasteiger partial charge is 0.507 e. The summed E-state index contributed by atoms with van der Waals surface area (Å²) < 4.78 is 1.01. The molecule has 26 heavy (non-hydrogen) atoms. The number of fused-ring (bicyclic) bond motifs is 1. The normalized spacial score (nSPS) is 15.3. The lowest BCUT2D eigenvalue weighted by atomic mass is 10.1. The van der Waals surface area contributed by atoms with Crippen LogP contribution in [0, 0.1) is 0 Å². The molecule has 0 atom stereocenters. The molecule has 0 radical (unpaired) electrons. The first kappa shape index (κ1) is 16.6. The van der Waals surface area contributed by atoms with Crippen molar-refractivity contribution in [3.8, 4) is 17.1 Å². The van der Waals surface area contributed by atoms with Crippen LogP contribution in [0.3, 0.4) is 0 Å². The number of piperidine rings is 1. The predicted molar refractivity (Wildman–Crippen MR) is 101 cm³/mol. The Morgan fingerprint density at radius 2 is 1.96 bits per heavy atom. The molecule has 3 heterocycles. The first-order valence-electron chi connectivity index (χ1n) is 8.40. The Morgan fingerprint density at radius 1 is 1.19 bits per heavy atom. The minimum absolute atomic E-state index is 0.0259. The van der Waals surface area contributed by atoms with Crippen molar-refractivity contribution in [2.45, 2.75) is 18.9 Å². The zero-order chi connectivity index (χ0) is 18.1. The molecule has 0 unspecified atom stereocenters. The van der Waals surface area contributed by atoms with E-state index in [0.717, 1.165) is 42.0 Å². The number of thiophene rings is 1. The molecule has 1 fully saturated rings. The van der Waals surface area contributed by atoms with Crippen LogP contribution < -0.4 is 10.2 Å². The second-order valence-electron chi connectivity index (χ2n) is 6.23. The molecule has 3 N–H and O–H groups in total. The molecular formula is C18H18N4O3S. The second kappa shape index (κ2) is 6.80.